The second-order valence-electron chi connectivity index (χ2n) is 4.92. The summed E-state index contributed by atoms with van der Waals surface area (Å²) in [5.74, 6) is 2.37. The van der Waals surface area contributed by atoms with Crippen molar-refractivity contribution in [3.05, 3.63) is 29.6 Å². The van der Waals surface area contributed by atoms with Crippen molar-refractivity contribution in [2.24, 2.45) is 9.98 Å². The van der Waals surface area contributed by atoms with E-state index in [9.17, 15) is 9.60 Å². The fourth-order valence-corrected chi connectivity index (χ4v) is 2.42. The number of hydrogen-bond acceptors (Lipinski definition) is 7. The Morgan fingerprint density at radius 1 is 1.60 bits per heavy atom. The molecule has 1 fully saturated rings. The number of benzene rings is 1. The minimum atomic E-state index is -0.585. The van der Waals surface area contributed by atoms with Crippen molar-refractivity contribution in [3.63, 3.8) is 0 Å². The molecule has 1 aromatic carbocycles. The number of nitrogens with zero attached hydrogens (tertiary/aromatic N) is 3. The first-order chi connectivity index (χ1) is 12.1. The number of halogens is 1. The Kier molecular flexibility index (Phi) is 7.17. The van der Waals surface area contributed by atoms with Crippen LogP contribution in [0.4, 0.5) is 10.1 Å². The molecule has 0 bridgehead atoms. The summed E-state index contributed by atoms with van der Waals surface area (Å²) in [6, 6.07) is 3.50. The first-order valence-corrected chi connectivity index (χ1v) is 8.54. The van der Waals surface area contributed by atoms with Crippen molar-refractivity contribution >= 4 is 29.3 Å². The summed E-state index contributed by atoms with van der Waals surface area (Å²) < 4.78 is 16.6. The summed E-state index contributed by atoms with van der Waals surface area (Å²) >= 11 is 1.50. The Hall–Kier alpha value is -2.16. The van der Waals surface area contributed by atoms with Gasteiger partial charge in [-0.3, -0.25) is 20.4 Å². The zero-order valence-electron chi connectivity index (χ0n) is 13.8. The number of likely N-dealkylation sites (N-methyl/N-ethyl adjacent to an activating group) is 1. The highest BCUT2D eigenvalue weighted by Gasteiger charge is 2.34. The van der Waals surface area contributed by atoms with E-state index >= 15 is 0 Å². The molecule has 1 atom stereocenters. The average molecular weight is 366 g/mol. The van der Waals surface area contributed by atoms with Crippen molar-refractivity contribution in [2.45, 2.75) is 6.04 Å². The van der Waals surface area contributed by atoms with E-state index in [2.05, 4.69) is 26.1 Å². The van der Waals surface area contributed by atoms with Gasteiger partial charge in [-0.2, -0.15) is 4.94 Å². The number of rotatable bonds is 6. The van der Waals surface area contributed by atoms with Crippen LogP contribution in [0.3, 0.4) is 0 Å². The zero-order chi connectivity index (χ0) is 18.2. The monoisotopic (exact) mass is 366 g/mol. The van der Waals surface area contributed by atoms with E-state index in [0.29, 0.717) is 24.6 Å². The van der Waals surface area contributed by atoms with Crippen LogP contribution in [0.25, 0.3) is 0 Å². The molecule has 0 radical (unpaired) electrons. The lowest BCUT2D eigenvalue weighted by Crippen LogP contribution is -2.44. The number of aliphatic imine (C=N–C) groups is 2. The van der Waals surface area contributed by atoms with Crippen molar-refractivity contribution < 1.29 is 14.5 Å². The number of terminal acetylenes is 1. The molecule has 1 saturated heterocycles. The van der Waals surface area contributed by atoms with Crippen LogP contribution in [0.15, 0.2) is 28.2 Å². The van der Waals surface area contributed by atoms with Gasteiger partial charge in [0.05, 0.1) is 17.8 Å². The summed E-state index contributed by atoms with van der Waals surface area (Å²) in [6.07, 6.45) is 7.18. The van der Waals surface area contributed by atoms with E-state index in [1.54, 1.807) is 7.05 Å². The Bertz CT molecular complexity index is 706. The van der Waals surface area contributed by atoms with Gasteiger partial charge in [0, 0.05) is 13.6 Å². The van der Waals surface area contributed by atoms with Crippen LogP contribution in [0, 0.1) is 18.2 Å². The van der Waals surface area contributed by atoms with Crippen molar-refractivity contribution in [2.75, 3.05) is 26.4 Å². The van der Waals surface area contributed by atoms with Crippen LogP contribution in [-0.2, 0) is 4.94 Å². The van der Waals surface area contributed by atoms with Gasteiger partial charge in [-0.15, -0.1) is 11.5 Å². The van der Waals surface area contributed by atoms with E-state index in [-0.39, 0.29) is 11.4 Å². The molecule has 4 N–H and O–H groups in total. The third-order valence-corrected chi connectivity index (χ3v) is 3.78. The van der Waals surface area contributed by atoms with Gasteiger partial charge in [-0.1, -0.05) is 17.9 Å². The second kappa shape index (κ2) is 9.36. The van der Waals surface area contributed by atoms with Crippen LogP contribution in [0.2, 0.25) is 0 Å². The van der Waals surface area contributed by atoms with Crippen LogP contribution in [0.1, 0.15) is 5.56 Å². The second-order valence-corrected chi connectivity index (χ2v) is 5.62. The van der Waals surface area contributed by atoms with E-state index < -0.39 is 11.9 Å². The standard InChI is InChI=1S/C15H19FN6O2S/c1-4-10-9-11(5-6-12(10)16)19-15(20-23)13-14(21-24-22(13)2)17-7-8-18-25-3/h1,5-6,9,13,18,23H,7-8H2,2-3H3,(H,17,21)(H,19,20). The van der Waals surface area contributed by atoms with Gasteiger partial charge in [0.15, 0.2) is 17.7 Å². The fraction of sp³-hybridized carbons (Fsp3) is 0.333. The average Bonchev–Trinajstić information content (AvgIpc) is 2.98. The molecule has 0 aromatic heterocycles. The van der Waals surface area contributed by atoms with E-state index in [4.69, 9.17) is 11.4 Å². The minimum absolute atomic E-state index is 0.0877. The lowest BCUT2D eigenvalue weighted by Gasteiger charge is -2.16. The molecule has 0 aliphatic carbocycles. The van der Waals surface area contributed by atoms with E-state index in [1.807, 2.05) is 11.7 Å². The first kappa shape index (κ1) is 19.2. The topological polar surface area (TPSA) is 93.5 Å². The molecule has 134 valence electrons. The van der Waals surface area contributed by atoms with Gasteiger partial charge in [-0.25, -0.2) is 14.9 Å². The first-order valence-electron chi connectivity index (χ1n) is 7.31. The third kappa shape index (κ3) is 4.91. The van der Waals surface area contributed by atoms with Crippen molar-refractivity contribution in [3.8, 4) is 12.3 Å². The van der Waals surface area contributed by atoms with Crippen LogP contribution >= 0.6 is 11.9 Å². The molecule has 1 aromatic rings. The maximum Gasteiger partial charge on any atom is 0.156 e. The third-order valence-electron chi connectivity index (χ3n) is 3.29. The minimum Gasteiger partial charge on any atom is -0.290 e. The van der Waals surface area contributed by atoms with Gasteiger partial charge < -0.3 is 0 Å². The zero-order valence-corrected chi connectivity index (χ0v) is 14.6. The summed E-state index contributed by atoms with van der Waals surface area (Å²) in [4.78, 5) is 13.9. The summed E-state index contributed by atoms with van der Waals surface area (Å²) in [6.45, 7) is 1.18. The summed E-state index contributed by atoms with van der Waals surface area (Å²) in [5, 5.41) is 10.9. The maximum atomic E-state index is 13.5. The number of hydroxylamine groups is 4. The molecule has 1 aliphatic heterocycles. The molecule has 0 amide bonds. The Balaban J connectivity index is 2.26. The largest absolute Gasteiger partial charge is 0.290 e. The molecule has 0 saturated carbocycles. The predicted molar refractivity (Wildman–Crippen MR) is 95.9 cm³/mol. The lowest BCUT2D eigenvalue weighted by molar-refractivity contribution is -0.144. The highest BCUT2D eigenvalue weighted by Crippen LogP contribution is 2.18. The van der Waals surface area contributed by atoms with Gasteiger partial charge in [0.2, 0.25) is 0 Å². The molecule has 1 unspecified atom stereocenters. The van der Waals surface area contributed by atoms with E-state index in [0.717, 1.165) is 0 Å². The molecule has 8 nitrogen and oxygen atoms in total. The summed E-state index contributed by atoms with van der Waals surface area (Å²) in [7, 11) is 1.66. The molecule has 0 spiro atoms. The summed E-state index contributed by atoms with van der Waals surface area (Å²) in [5.41, 5.74) is 5.20. The van der Waals surface area contributed by atoms with Crippen molar-refractivity contribution in [1.82, 2.24) is 20.7 Å². The number of hydrogen-bond donors (Lipinski definition) is 4. The maximum absolute atomic E-state index is 13.5. The molecular weight excluding hydrogens is 347 g/mol. The van der Waals surface area contributed by atoms with Crippen LogP contribution in [-0.4, -0.2) is 54.4 Å². The quantitative estimate of drug-likeness (QED) is 0.148. The molecule has 10 heteroatoms. The normalized spacial score (nSPS) is 19.7. The molecule has 25 heavy (non-hydrogen) atoms. The smallest absolute Gasteiger partial charge is 0.156 e. The lowest BCUT2D eigenvalue weighted by atomic mass is 10.2. The van der Waals surface area contributed by atoms with E-state index in [1.165, 1.54) is 35.2 Å². The van der Waals surface area contributed by atoms with Gasteiger partial charge in [0.1, 0.15) is 5.82 Å². The molecule has 2 rings (SSSR count). The number of nitrogens with one attached hydrogen (secondary N) is 3. The molecular formula is C15H19FN6O2S. The Morgan fingerprint density at radius 3 is 3.08 bits per heavy atom. The van der Waals surface area contributed by atoms with Crippen molar-refractivity contribution in [1.29, 1.82) is 0 Å². The molecule has 1 heterocycles. The Labute approximate surface area is 149 Å². The Morgan fingerprint density at radius 2 is 2.40 bits per heavy atom. The predicted octanol–water partition coefficient (Wildman–Crippen LogP) is 0.832. The highest BCUT2D eigenvalue weighted by atomic mass is 32.2. The fourth-order valence-electron chi connectivity index (χ4n) is 2.12. The van der Waals surface area contributed by atoms with Gasteiger partial charge in [0.25, 0.3) is 0 Å². The molecule has 1 aliphatic rings. The van der Waals surface area contributed by atoms with Crippen LogP contribution in [0.5, 0.6) is 0 Å². The SMILES string of the molecule is C#Cc1cc(N=C(NO)C2C(=NCCNSC)NON2C)ccc1F. The van der Waals surface area contributed by atoms with Gasteiger partial charge >= 0.3 is 0 Å². The van der Waals surface area contributed by atoms with Gasteiger partial charge in [-0.05, 0) is 24.5 Å². The highest BCUT2D eigenvalue weighted by molar-refractivity contribution is 7.96. The number of amidine groups is 2. The van der Waals surface area contributed by atoms with Crippen LogP contribution < -0.4 is 15.7 Å².